The summed E-state index contributed by atoms with van der Waals surface area (Å²) in [5, 5.41) is 3.94. The summed E-state index contributed by atoms with van der Waals surface area (Å²) in [6.07, 6.45) is 0. The molecule has 1 aromatic rings. The lowest BCUT2D eigenvalue weighted by Gasteiger charge is -2.21. The predicted octanol–water partition coefficient (Wildman–Crippen LogP) is 1.91. The molecule has 0 amide bonds. The van der Waals surface area contributed by atoms with E-state index in [4.69, 9.17) is 4.74 Å². The molecule has 0 aliphatic heterocycles. The smallest absolute Gasteiger partial charge is 0.328 e. The van der Waals surface area contributed by atoms with Gasteiger partial charge in [0.25, 0.3) is 0 Å². The molecule has 0 saturated heterocycles. The molecule has 1 atom stereocenters. The van der Waals surface area contributed by atoms with Crippen molar-refractivity contribution < 1.29 is 9.53 Å². The topological polar surface area (TPSA) is 29.5 Å². The van der Waals surface area contributed by atoms with Crippen LogP contribution in [0.2, 0.25) is 0 Å². The third-order valence-corrected chi connectivity index (χ3v) is 2.59. The molecule has 0 aliphatic rings. The molecule has 1 rings (SSSR count). The lowest BCUT2D eigenvalue weighted by Crippen LogP contribution is -2.28. The zero-order valence-corrected chi connectivity index (χ0v) is 9.50. The summed E-state index contributed by atoms with van der Waals surface area (Å²) in [6.45, 7) is 2.24. The third-order valence-electron chi connectivity index (χ3n) is 1.89. The normalized spacial score (nSPS) is 12.9. The first kappa shape index (κ1) is 11.2. The molecule has 0 fully saturated rings. The van der Waals surface area contributed by atoms with Crippen LogP contribution in [0.15, 0.2) is 16.8 Å². The second kappa shape index (κ2) is 5.12. The molecule has 0 aliphatic carbocycles. The van der Waals surface area contributed by atoms with Gasteiger partial charge in [0.05, 0.1) is 6.61 Å². The Balaban J connectivity index is 2.80. The maximum absolute atomic E-state index is 11.6. The van der Waals surface area contributed by atoms with Crippen molar-refractivity contribution in [1.29, 1.82) is 0 Å². The van der Waals surface area contributed by atoms with E-state index in [9.17, 15) is 4.79 Å². The van der Waals surface area contributed by atoms with Crippen LogP contribution in [0.4, 0.5) is 0 Å². The molecule has 0 N–H and O–H groups in total. The fourth-order valence-electron chi connectivity index (χ4n) is 1.30. The van der Waals surface area contributed by atoms with Gasteiger partial charge in [-0.1, -0.05) is 0 Å². The maximum atomic E-state index is 11.6. The van der Waals surface area contributed by atoms with E-state index < -0.39 is 0 Å². The summed E-state index contributed by atoms with van der Waals surface area (Å²) < 4.78 is 5.01. The van der Waals surface area contributed by atoms with Crippen molar-refractivity contribution in [2.45, 2.75) is 13.0 Å². The van der Waals surface area contributed by atoms with Gasteiger partial charge in [-0.25, -0.2) is 4.79 Å². The predicted molar refractivity (Wildman–Crippen MR) is 57.4 cm³/mol. The van der Waals surface area contributed by atoms with Crippen molar-refractivity contribution in [2.75, 3.05) is 20.7 Å². The van der Waals surface area contributed by atoms with E-state index in [2.05, 4.69) is 0 Å². The molecule has 0 spiro atoms. The van der Waals surface area contributed by atoms with Gasteiger partial charge in [0.2, 0.25) is 0 Å². The van der Waals surface area contributed by atoms with E-state index in [1.54, 1.807) is 11.3 Å². The van der Waals surface area contributed by atoms with E-state index in [0.717, 1.165) is 5.56 Å². The van der Waals surface area contributed by atoms with Gasteiger partial charge in [-0.2, -0.15) is 11.3 Å². The van der Waals surface area contributed by atoms with Crippen LogP contribution in [0, 0.1) is 0 Å². The number of carbonyl (C=O) groups excluding carboxylic acids is 1. The fraction of sp³-hybridized carbons (Fsp3) is 0.500. The van der Waals surface area contributed by atoms with E-state index in [-0.39, 0.29) is 12.0 Å². The quantitative estimate of drug-likeness (QED) is 0.716. The van der Waals surface area contributed by atoms with Crippen LogP contribution in [-0.4, -0.2) is 31.6 Å². The average Bonchev–Trinajstić information content (AvgIpc) is 2.57. The van der Waals surface area contributed by atoms with Crippen LogP contribution >= 0.6 is 11.3 Å². The summed E-state index contributed by atoms with van der Waals surface area (Å²) in [6, 6.07) is 1.67. The molecule has 4 heteroatoms. The van der Waals surface area contributed by atoms with Gasteiger partial charge in [-0.05, 0) is 43.4 Å². The van der Waals surface area contributed by atoms with Crippen LogP contribution in [-0.2, 0) is 9.53 Å². The highest BCUT2D eigenvalue weighted by Crippen LogP contribution is 2.21. The highest BCUT2D eigenvalue weighted by molar-refractivity contribution is 7.08. The Morgan fingerprint density at radius 1 is 1.64 bits per heavy atom. The number of hydrogen-bond acceptors (Lipinski definition) is 4. The third kappa shape index (κ3) is 2.56. The Kier molecular flexibility index (Phi) is 4.10. The zero-order valence-electron chi connectivity index (χ0n) is 8.69. The Labute approximate surface area is 88.3 Å². The SMILES string of the molecule is CCOC(=O)C(c1ccsc1)N(C)C. The minimum Gasteiger partial charge on any atom is -0.465 e. The lowest BCUT2D eigenvalue weighted by molar-refractivity contribution is -0.148. The van der Waals surface area contributed by atoms with Crippen LogP contribution in [0.5, 0.6) is 0 Å². The molecule has 1 unspecified atom stereocenters. The van der Waals surface area contributed by atoms with Crippen molar-refractivity contribution in [3.8, 4) is 0 Å². The van der Waals surface area contributed by atoms with Crippen molar-refractivity contribution in [1.82, 2.24) is 4.90 Å². The number of thiophene rings is 1. The molecule has 1 heterocycles. The first-order valence-electron chi connectivity index (χ1n) is 4.52. The standard InChI is InChI=1S/C10H15NO2S/c1-4-13-10(12)9(11(2)3)8-5-6-14-7-8/h5-7,9H,4H2,1-3H3. The van der Waals surface area contributed by atoms with Crippen molar-refractivity contribution in [3.05, 3.63) is 22.4 Å². The first-order valence-corrected chi connectivity index (χ1v) is 5.46. The number of nitrogens with zero attached hydrogens (tertiary/aromatic N) is 1. The molecular weight excluding hydrogens is 198 g/mol. The van der Waals surface area contributed by atoms with Gasteiger partial charge in [0.1, 0.15) is 6.04 Å². The van der Waals surface area contributed by atoms with E-state index in [1.807, 2.05) is 42.7 Å². The molecule has 0 saturated carbocycles. The van der Waals surface area contributed by atoms with Gasteiger partial charge < -0.3 is 4.74 Å². The van der Waals surface area contributed by atoms with E-state index in [0.29, 0.717) is 6.61 Å². The first-order chi connectivity index (χ1) is 6.66. The molecule has 0 aromatic carbocycles. The minimum absolute atomic E-state index is 0.184. The number of carbonyl (C=O) groups is 1. The summed E-state index contributed by atoms with van der Waals surface area (Å²) in [4.78, 5) is 13.5. The van der Waals surface area contributed by atoms with Crippen molar-refractivity contribution in [3.63, 3.8) is 0 Å². The maximum Gasteiger partial charge on any atom is 0.328 e. The van der Waals surface area contributed by atoms with E-state index in [1.165, 1.54) is 0 Å². The number of esters is 1. The highest BCUT2D eigenvalue weighted by Gasteiger charge is 2.24. The molecule has 3 nitrogen and oxygen atoms in total. The van der Waals surface area contributed by atoms with Crippen molar-refractivity contribution in [2.24, 2.45) is 0 Å². The Hall–Kier alpha value is -0.870. The number of ether oxygens (including phenoxy) is 1. The average molecular weight is 213 g/mol. The van der Waals surface area contributed by atoms with Crippen LogP contribution in [0.3, 0.4) is 0 Å². The molecule has 14 heavy (non-hydrogen) atoms. The molecule has 1 aromatic heterocycles. The highest BCUT2D eigenvalue weighted by atomic mass is 32.1. The summed E-state index contributed by atoms with van der Waals surface area (Å²) >= 11 is 1.59. The monoisotopic (exact) mass is 213 g/mol. The van der Waals surface area contributed by atoms with Gasteiger partial charge in [0, 0.05) is 0 Å². The lowest BCUT2D eigenvalue weighted by atomic mass is 10.1. The molecular formula is C10H15NO2S. The molecule has 0 bridgehead atoms. The Morgan fingerprint density at radius 3 is 2.79 bits per heavy atom. The number of rotatable bonds is 4. The molecule has 78 valence electrons. The van der Waals surface area contributed by atoms with E-state index >= 15 is 0 Å². The van der Waals surface area contributed by atoms with Gasteiger partial charge in [-0.15, -0.1) is 0 Å². The van der Waals surface area contributed by atoms with Crippen LogP contribution in [0.1, 0.15) is 18.5 Å². The second-order valence-corrected chi connectivity index (χ2v) is 3.95. The number of hydrogen-bond donors (Lipinski definition) is 0. The zero-order chi connectivity index (χ0) is 10.6. The largest absolute Gasteiger partial charge is 0.465 e. The Morgan fingerprint density at radius 2 is 2.36 bits per heavy atom. The van der Waals surface area contributed by atoms with Gasteiger partial charge in [0.15, 0.2) is 0 Å². The Bertz CT molecular complexity index is 282. The fourth-order valence-corrected chi connectivity index (χ4v) is 1.98. The second-order valence-electron chi connectivity index (χ2n) is 3.17. The number of likely N-dealkylation sites (N-methyl/N-ethyl adjacent to an activating group) is 1. The van der Waals surface area contributed by atoms with Crippen LogP contribution in [0.25, 0.3) is 0 Å². The summed E-state index contributed by atoms with van der Waals surface area (Å²) in [5.41, 5.74) is 0.999. The molecule has 0 radical (unpaired) electrons. The van der Waals surface area contributed by atoms with Gasteiger partial charge in [-0.3, -0.25) is 4.90 Å². The minimum atomic E-state index is -0.277. The van der Waals surface area contributed by atoms with Crippen molar-refractivity contribution >= 4 is 17.3 Å². The van der Waals surface area contributed by atoms with Gasteiger partial charge >= 0.3 is 5.97 Å². The summed E-state index contributed by atoms with van der Waals surface area (Å²) in [7, 11) is 3.75. The summed E-state index contributed by atoms with van der Waals surface area (Å²) in [5.74, 6) is -0.184. The van der Waals surface area contributed by atoms with Crippen LogP contribution < -0.4 is 0 Å².